The molecule has 3 heterocycles. The van der Waals surface area contributed by atoms with Crippen LogP contribution < -0.4 is 10.2 Å². The molecule has 6 nitrogen and oxygen atoms in total. The van der Waals surface area contributed by atoms with E-state index < -0.39 is 0 Å². The Kier molecular flexibility index (Phi) is 5.19. The molecule has 5 rings (SSSR count). The van der Waals surface area contributed by atoms with E-state index in [1.165, 1.54) is 24.1 Å². The van der Waals surface area contributed by atoms with E-state index in [-0.39, 0.29) is 0 Å². The van der Waals surface area contributed by atoms with Crippen LogP contribution in [0.25, 0.3) is 17.1 Å². The maximum Gasteiger partial charge on any atom is 0.187 e. The van der Waals surface area contributed by atoms with Crippen molar-refractivity contribution < 1.29 is 0 Å². The Morgan fingerprint density at radius 1 is 1.16 bits per heavy atom. The van der Waals surface area contributed by atoms with Gasteiger partial charge in [-0.3, -0.25) is 4.57 Å². The van der Waals surface area contributed by atoms with Crippen molar-refractivity contribution >= 4 is 27.8 Å². The molecule has 0 unspecified atom stereocenters. The van der Waals surface area contributed by atoms with E-state index in [9.17, 15) is 0 Å². The molecule has 0 atom stereocenters. The lowest BCUT2D eigenvalue weighted by atomic mass is 10.1. The first kappa shape index (κ1) is 19.8. The number of imidazole rings is 1. The minimum absolute atomic E-state index is 0.848. The highest BCUT2D eigenvalue weighted by Crippen LogP contribution is 2.33. The van der Waals surface area contributed by atoms with Crippen LogP contribution in [0.15, 0.2) is 54.4 Å². The molecule has 1 saturated carbocycles. The largest absolute Gasteiger partial charge is 0.374 e. The standard InChI is InChI=1S/C24H26N6S/c1-16-4-8-20(29(3)13-18-5-6-18)10-21(16)27-24-28-22(14-31-24)19-7-9-23(25-11-19)30-12-17(2)26-15-30/h4,7-12,14-15,18H,5-6,13H2,1-3H3,(H,27,28). The maximum absolute atomic E-state index is 4.79. The van der Waals surface area contributed by atoms with Crippen molar-refractivity contribution in [3.05, 3.63) is 65.7 Å². The minimum atomic E-state index is 0.848. The molecule has 0 saturated heterocycles. The molecule has 0 radical (unpaired) electrons. The van der Waals surface area contributed by atoms with Gasteiger partial charge in [-0.15, -0.1) is 11.3 Å². The molecule has 1 aliphatic rings. The predicted molar refractivity (Wildman–Crippen MR) is 128 cm³/mol. The van der Waals surface area contributed by atoms with Crippen molar-refractivity contribution in [2.45, 2.75) is 26.7 Å². The lowest BCUT2D eigenvalue weighted by Crippen LogP contribution is -2.19. The smallest absolute Gasteiger partial charge is 0.187 e. The number of rotatable bonds is 7. The van der Waals surface area contributed by atoms with Gasteiger partial charge in [-0.25, -0.2) is 15.0 Å². The highest BCUT2D eigenvalue weighted by atomic mass is 32.1. The van der Waals surface area contributed by atoms with Crippen LogP contribution in [0.2, 0.25) is 0 Å². The van der Waals surface area contributed by atoms with E-state index in [1.54, 1.807) is 17.7 Å². The topological polar surface area (TPSA) is 58.9 Å². The molecule has 1 N–H and O–H groups in total. The molecule has 7 heteroatoms. The molecule has 0 aliphatic heterocycles. The van der Waals surface area contributed by atoms with Gasteiger partial charge in [-0.1, -0.05) is 6.07 Å². The average molecular weight is 431 g/mol. The summed E-state index contributed by atoms with van der Waals surface area (Å²) in [7, 11) is 2.18. The number of hydrogen-bond acceptors (Lipinski definition) is 6. The SMILES string of the molecule is Cc1cn(-c2ccc(-c3csc(Nc4cc(N(C)CC5CC5)ccc4C)n3)cn2)cn1. The zero-order valence-corrected chi connectivity index (χ0v) is 18.9. The van der Waals surface area contributed by atoms with Gasteiger partial charge in [0.05, 0.1) is 11.4 Å². The number of nitrogens with zero attached hydrogens (tertiary/aromatic N) is 5. The predicted octanol–water partition coefficient (Wildman–Crippen LogP) is 5.60. The molecule has 0 bridgehead atoms. The van der Waals surface area contributed by atoms with Crippen molar-refractivity contribution in [3.8, 4) is 17.1 Å². The van der Waals surface area contributed by atoms with Gasteiger partial charge < -0.3 is 10.2 Å². The number of aryl methyl sites for hydroxylation is 2. The molecule has 0 amide bonds. The molecule has 1 aromatic carbocycles. The molecule has 31 heavy (non-hydrogen) atoms. The summed E-state index contributed by atoms with van der Waals surface area (Å²) in [6, 6.07) is 10.6. The Hall–Kier alpha value is -3.19. The second kappa shape index (κ2) is 8.15. The Morgan fingerprint density at radius 3 is 2.74 bits per heavy atom. The molecule has 1 aliphatic carbocycles. The average Bonchev–Trinajstić information content (AvgIpc) is 3.28. The first-order valence-corrected chi connectivity index (χ1v) is 11.4. The van der Waals surface area contributed by atoms with Crippen molar-refractivity contribution in [2.24, 2.45) is 5.92 Å². The fourth-order valence-corrected chi connectivity index (χ4v) is 4.32. The summed E-state index contributed by atoms with van der Waals surface area (Å²) in [6.07, 6.45) is 8.33. The van der Waals surface area contributed by atoms with Crippen LogP contribution in [0.1, 0.15) is 24.1 Å². The summed E-state index contributed by atoms with van der Waals surface area (Å²) in [6.45, 7) is 5.23. The summed E-state index contributed by atoms with van der Waals surface area (Å²) in [4.78, 5) is 16.0. The Labute approximate surface area is 186 Å². The fourth-order valence-electron chi connectivity index (χ4n) is 3.59. The number of anilines is 3. The van der Waals surface area contributed by atoms with E-state index in [1.807, 2.05) is 30.0 Å². The van der Waals surface area contributed by atoms with Gasteiger partial charge in [0.1, 0.15) is 12.1 Å². The highest BCUT2D eigenvalue weighted by Gasteiger charge is 2.23. The lowest BCUT2D eigenvalue weighted by molar-refractivity contribution is 0.787. The Bertz CT molecular complexity index is 1190. The molecule has 3 aromatic heterocycles. The Balaban J connectivity index is 1.31. The fraction of sp³-hybridized carbons (Fsp3) is 0.292. The number of hydrogen-bond donors (Lipinski definition) is 1. The van der Waals surface area contributed by atoms with Crippen LogP contribution in [0.4, 0.5) is 16.5 Å². The van der Waals surface area contributed by atoms with Crippen molar-refractivity contribution in [1.82, 2.24) is 19.5 Å². The second-order valence-corrected chi connectivity index (χ2v) is 9.17. The number of thiazole rings is 1. The maximum atomic E-state index is 4.79. The van der Waals surface area contributed by atoms with Crippen LogP contribution in [0.5, 0.6) is 0 Å². The molecular weight excluding hydrogens is 404 g/mol. The third-order valence-corrected chi connectivity index (χ3v) is 6.41. The highest BCUT2D eigenvalue weighted by molar-refractivity contribution is 7.14. The van der Waals surface area contributed by atoms with Gasteiger partial charge in [-0.05, 0) is 62.4 Å². The van der Waals surface area contributed by atoms with Gasteiger partial charge in [0.25, 0.3) is 0 Å². The van der Waals surface area contributed by atoms with Gasteiger partial charge >= 0.3 is 0 Å². The zero-order valence-electron chi connectivity index (χ0n) is 18.0. The number of aromatic nitrogens is 4. The summed E-state index contributed by atoms with van der Waals surface area (Å²) >= 11 is 1.61. The van der Waals surface area contributed by atoms with E-state index in [0.717, 1.165) is 46.1 Å². The summed E-state index contributed by atoms with van der Waals surface area (Å²) < 4.78 is 1.92. The third-order valence-electron chi connectivity index (χ3n) is 5.66. The molecular formula is C24H26N6S. The number of pyridine rings is 1. The molecule has 158 valence electrons. The van der Waals surface area contributed by atoms with Gasteiger partial charge in [0.2, 0.25) is 0 Å². The zero-order chi connectivity index (χ0) is 21.4. The van der Waals surface area contributed by atoms with Crippen LogP contribution >= 0.6 is 11.3 Å². The minimum Gasteiger partial charge on any atom is -0.374 e. The van der Waals surface area contributed by atoms with Crippen molar-refractivity contribution in [1.29, 1.82) is 0 Å². The van der Waals surface area contributed by atoms with E-state index in [0.29, 0.717) is 0 Å². The monoisotopic (exact) mass is 430 g/mol. The quantitative estimate of drug-likeness (QED) is 0.414. The first-order valence-electron chi connectivity index (χ1n) is 10.6. The first-order chi connectivity index (χ1) is 15.0. The number of nitrogens with one attached hydrogen (secondary N) is 1. The van der Waals surface area contributed by atoms with Gasteiger partial charge in [-0.2, -0.15) is 0 Å². The van der Waals surface area contributed by atoms with Crippen molar-refractivity contribution in [2.75, 3.05) is 23.8 Å². The van der Waals surface area contributed by atoms with Crippen LogP contribution in [0.3, 0.4) is 0 Å². The second-order valence-electron chi connectivity index (χ2n) is 8.31. The van der Waals surface area contributed by atoms with Crippen LogP contribution in [0, 0.1) is 19.8 Å². The van der Waals surface area contributed by atoms with Crippen LogP contribution in [-0.2, 0) is 0 Å². The van der Waals surface area contributed by atoms with Gasteiger partial charge in [0.15, 0.2) is 5.13 Å². The van der Waals surface area contributed by atoms with E-state index in [2.05, 4.69) is 63.8 Å². The van der Waals surface area contributed by atoms with Crippen LogP contribution in [-0.4, -0.2) is 33.1 Å². The van der Waals surface area contributed by atoms with E-state index >= 15 is 0 Å². The summed E-state index contributed by atoms with van der Waals surface area (Å²) in [5.74, 6) is 1.71. The molecule has 1 fully saturated rings. The third kappa shape index (κ3) is 4.46. The van der Waals surface area contributed by atoms with E-state index in [4.69, 9.17) is 4.98 Å². The summed E-state index contributed by atoms with van der Waals surface area (Å²) in [5, 5.41) is 6.47. The molecule has 4 aromatic rings. The lowest BCUT2D eigenvalue weighted by Gasteiger charge is -2.20. The molecule has 0 spiro atoms. The Morgan fingerprint density at radius 2 is 2.03 bits per heavy atom. The number of benzene rings is 1. The summed E-state index contributed by atoms with van der Waals surface area (Å²) in [5.41, 5.74) is 6.45. The van der Waals surface area contributed by atoms with Gasteiger partial charge in [0, 0.05) is 48.3 Å². The normalized spacial score (nSPS) is 13.4. The van der Waals surface area contributed by atoms with Crippen molar-refractivity contribution in [3.63, 3.8) is 0 Å².